The van der Waals surface area contributed by atoms with Gasteiger partial charge < -0.3 is 5.32 Å². The minimum atomic E-state index is -0.395. The second-order valence-electron chi connectivity index (χ2n) is 4.95. The number of hydrogen-bond acceptors (Lipinski definition) is 4. The van der Waals surface area contributed by atoms with Crippen LogP contribution in [0.2, 0.25) is 0 Å². The molecule has 1 heterocycles. The predicted molar refractivity (Wildman–Crippen MR) is 90.9 cm³/mol. The van der Waals surface area contributed by atoms with Crippen LogP contribution in [0.5, 0.6) is 0 Å². The molecule has 116 valence electrons. The van der Waals surface area contributed by atoms with E-state index in [4.69, 9.17) is 0 Å². The van der Waals surface area contributed by atoms with Crippen LogP contribution in [0.15, 0.2) is 40.0 Å². The molecular formula is C15H18BrN5O. The van der Waals surface area contributed by atoms with Gasteiger partial charge in [-0.3, -0.25) is 9.48 Å². The minimum absolute atomic E-state index is 0.208. The first-order valence-electron chi connectivity index (χ1n) is 6.81. The second-order valence-corrected chi connectivity index (χ2v) is 5.87. The van der Waals surface area contributed by atoms with E-state index in [0.29, 0.717) is 0 Å². The highest BCUT2D eigenvalue weighted by atomic mass is 79.9. The van der Waals surface area contributed by atoms with Crippen molar-refractivity contribution < 1.29 is 4.79 Å². The Labute approximate surface area is 137 Å². The third-order valence-corrected chi connectivity index (χ3v) is 3.58. The molecule has 0 bridgehead atoms. The molecule has 0 aliphatic carbocycles. The van der Waals surface area contributed by atoms with Crippen LogP contribution in [0, 0.1) is 6.92 Å². The zero-order valence-electron chi connectivity index (χ0n) is 12.7. The molecule has 2 aromatic rings. The fourth-order valence-electron chi connectivity index (χ4n) is 1.87. The van der Waals surface area contributed by atoms with E-state index in [0.717, 1.165) is 21.4 Å². The van der Waals surface area contributed by atoms with E-state index in [1.807, 2.05) is 44.4 Å². The fraction of sp³-hybridized carbons (Fsp3) is 0.267. The molecule has 1 aromatic carbocycles. The van der Waals surface area contributed by atoms with Crippen molar-refractivity contribution in [2.45, 2.75) is 19.9 Å². The van der Waals surface area contributed by atoms with Gasteiger partial charge in [-0.05, 0) is 38.1 Å². The number of aryl methyl sites for hydroxylation is 2. The average Bonchev–Trinajstić information content (AvgIpc) is 2.79. The smallest absolute Gasteiger partial charge is 0.262 e. The summed E-state index contributed by atoms with van der Waals surface area (Å²) in [5.74, 6) is -0.208. The van der Waals surface area contributed by atoms with Crippen molar-refractivity contribution in [3.8, 4) is 0 Å². The van der Waals surface area contributed by atoms with Crippen LogP contribution < -0.4 is 10.7 Å². The van der Waals surface area contributed by atoms with E-state index in [1.165, 1.54) is 0 Å². The molecule has 0 unspecified atom stereocenters. The summed E-state index contributed by atoms with van der Waals surface area (Å²) in [5.41, 5.74) is 5.13. The maximum absolute atomic E-state index is 12.0. The van der Waals surface area contributed by atoms with Gasteiger partial charge in [-0.15, -0.1) is 0 Å². The number of carbonyl (C=O) groups excluding carboxylic acids is 1. The number of nitrogens with one attached hydrogen (secondary N) is 2. The number of rotatable bonds is 5. The van der Waals surface area contributed by atoms with Crippen LogP contribution >= 0.6 is 15.9 Å². The molecule has 0 saturated heterocycles. The molecule has 2 rings (SSSR count). The molecule has 22 heavy (non-hydrogen) atoms. The van der Waals surface area contributed by atoms with Gasteiger partial charge in [0.1, 0.15) is 6.04 Å². The Hall–Kier alpha value is -2.15. The highest BCUT2D eigenvalue weighted by Gasteiger charge is 2.11. The Morgan fingerprint density at radius 3 is 2.68 bits per heavy atom. The molecule has 0 radical (unpaired) electrons. The summed E-state index contributed by atoms with van der Waals surface area (Å²) < 4.78 is 2.70. The SMILES string of the molecule is Cc1nn(C)cc1/C=N\NC(=O)[C@@H](C)Nc1ccc(Br)cc1. The third kappa shape index (κ3) is 4.42. The molecule has 0 aliphatic heterocycles. The highest BCUT2D eigenvalue weighted by molar-refractivity contribution is 9.10. The first-order valence-corrected chi connectivity index (χ1v) is 7.60. The van der Waals surface area contributed by atoms with Crippen molar-refractivity contribution in [2.24, 2.45) is 12.1 Å². The summed E-state index contributed by atoms with van der Waals surface area (Å²) in [5, 5.41) is 11.3. The van der Waals surface area contributed by atoms with Crippen molar-refractivity contribution in [1.29, 1.82) is 0 Å². The van der Waals surface area contributed by atoms with E-state index in [1.54, 1.807) is 17.8 Å². The number of anilines is 1. The van der Waals surface area contributed by atoms with Gasteiger partial charge in [0.25, 0.3) is 5.91 Å². The van der Waals surface area contributed by atoms with Crippen LogP contribution in [0.1, 0.15) is 18.2 Å². The summed E-state index contributed by atoms with van der Waals surface area (Å²) in [6.07, 6.45) is 3.43. The first-order chi connectivity index (χ1) is 10.5. The topological polar surface area (TPSA) is 71.3 Å². The molecule has 1 aromatic heterocycles. The molecule has 2 N–H and O–H groups in total. The number of aromatic nitrogens is 2. The average molecular weight is 364 g/mol. The second kappa shape index (κ2) is 7.22. The Kier molecular flexibility index (Phi) is 5.32. The normalized spacial score (nSPS) is 12.4. The zero-order chi connectivity index (χ0) is 16.1. The van der Waals surface area contributed by atoms with Gasteiger partial charge in [0, 0.05) is 29.0 Å². The molecule has 1 atom stereocenters. The van der Waals surface area contributed by atoms with Gasteiger partial charge in [-0.25, -0.2) is 5.43 Å². The Morgan fingerprint density at radius 1 is 1.41 bits per heavy atom. The van der Waals surface area contributed by atoms with E-state index in [9.17, 15) is 4.79 Å². The summed E-state index contributed by atoms with van der Waals surface area (Å²) >= 11 is 3.37. The minimum Gasteiger partial charge on any atom is -0.374 e. The summed E-state index contributed by atoms with van der Waals surface area (Å²) in [7, 11) is 1.84. The largest absolute Gasteiger partial charge is 0.374 e. The number of hydrogen-bond donors (Lipinski definition) is 2. The van der Waals surface area contributed by atoms with Gasteiger partial charge >= 0.3 is 0 Å². The third-order valence-electron chi connectivity index (χ3n) is 3.05. The first kappa shape index (κ1) is 16.2. The van der Waals surface area contributed by atoms with Crippen molar-refractivity contribution in [1.82, 2.24) is 15.2 Å². The number of hydrazone groups is 1. The highest BCUT2D eigenvalue weighted by Crippen LogP contribution is 2.14. The van der Waals surface area contributed by atoms with Crippen molar-refractivity contribution in [3.63, 3.8) is 0 Å². The van der Waals surface area contributed by atoms with Gasteiger partial charge in [0.2, 0.25) is 0 Å². The van der Waals surface area contributed by atoms with E-state index in [2.05, 4.69) is 36.9 Å². The maximum atomic E-state index is 12.0. The molecule has 6 nitrogen and oxygen atoms in total. The standard InChI is InChI=1S/C15H18BrN5O/c1-10-12(9-21(3)20-10)8-17-19-15(22)11(2)18-14-6-4-13(16)5-7-14/h4-9,11,18H,1-3H3,(H,19,22)/b17-8-/t11-/m1/s1. The van der Waals surface area contributed by atoms with Crippen LogP contribution in [0.25, 0.3) is 0 Å². The lowest BCUT2D eigenvalue weighted by molar-refractivity contribution is -0.121. The fourth-order valence-corrected chi connectivity index (χ4v) is 2.13. The number of amides is 1. The van der Waals surface area contributed by atoms with Crippen LogP contribution in [-0.2, 0) is 11.8 Å². The van der Waals surface area contributed by atoms with E-state index < -0.39 is 6.04 Å². The molecule has 0 aliphatic rings. The van der Waals surface area contributed by atoms with Gasteiger partial charge in [-0.2, -0.15) is 10.2 Å². The Balaban J connectivity index is 1.88. The molecule has 0 fully saturated rings. The number of halogens is 1. The van der Waals surface area contributed by atoms with Crippen LogP contribution in [-0.4, -0.2) is 27.9 Å². The van der Waals surface area contributed by atoms with E-state index >= 15 is 0 Å². The predicted octanol–water partition coefficient (Wildman–Crippen LogP) is 2.44. The molecular weight excluding hydrogens is 346 g/mol. The number of benzene rings is 1. The summed E-state index contributed by atoms with van der Waals surface area (Å²) in [4.78, 5) is 12.0. The maximum Gasteiger partial charge on any atom is 0.262 e. The zero-order valence-corrected chi connectivity index (χ0v) is 14.3. The molecule has 0 saturated carbocycles. The number of carbonyl (C=O) groups is 1. The lowest BCUT2D eigenvalue weighted by Crippen LogP contribution is -2.34. The quantitative estimate of drug-likeness (QED) is 0.632. The summed E-state index contributed by atoms with van der Waals surface area (Å²) in [6, 6.07) is 7.23. The lowest BCUT2D eigenvalue weighted by Gasteiger charge is -2.13. The van der Waals surface area contributed by atoms with E-state index in [-0.39, 0.29) is 5.91 Å². The van der Waals surface area contributed by atoms with Gasteiger partial charge in [0.15, 0.2) is 0 Å². The van der Waals surface area contributed by atoms with Crippen molar-refractivity contribution >= 4 is 33.7 Å². The van der Waals surface area contributed by atoms with Crippen LogP contribution in [0.4, 0.5) is 5.69 Å². The van der Waals surface area contributed by atoms with Crippen molar-refractivity contribution in [3.05, 3.63) is 46.2 Å². The van der Waals surface area contributed by atoms with Gasteiger partial charge in [-0.1, -0.05) is 15.9 Å². The molecule has 0 spiro atoms. The van der Waals surface area contributed by atoms with Crippen molar-refractivity contribution in [2.75, 3.05) is 5.32 Å². The summed E-state index contributed by atoms with van der Waals surface area (Å²) in [6.45, 7) is 3.67. The molecule has 1 amide bonds. The lowest BCUT2D eigenvalue weighted by atomic mass is 10.2. The monoisotopic (exact) mass is 363 g/mol. The molecule has 7 heteroatoms. The Morgan fingerprint density at radius 2 is 2.09 bits per heavy atom. The van der Waals surface area contributed by atoms with Crippen LogP contribution in [0.3, 0.4) is 0 Å². The number of nitrogens with zero attached hydrogens (tertiary/aromatic N) is 3. The van der Waals surface area contributed by atoms with Gasteiger partial charge in [0.05, 0.1) is 11.9 Å². The Bertz CT molecular complexity index is 678.